The molecule has 56 heavy (non-hydrogen) atoms. The lowest BCUT2D eigenvalue weighted by atomic mass is 10.0. The molecule has 0 amide bonds. The molecule has 0 unspecified atom stereocenters. The van der Waals surface area contributed by atoms with Crippen LogP contribution in [-0.2, 0) is 0 Å². The minimum absolute atomic E-state index is 0.685. The summed E-state index contributed by atoms with van der Waals surface area (Å²) in [4.78, 5) is 10.1. The Bertz CT molecular complexity index is 3070. The van der Waals surface area contributed by atoms with Crippen LogP contribution in [0.3, 0.4) is 0 Å². The van der Waals surface area contributed by atoms with Gasteiger partial charge in [0.25, 0.3) is 0 Å². The Morgan fingerprint density at radius 3 is 1.43 bits per heavy atom. The Kier molecular flexibility index (Phi) is 7.46. The number of hydrogen-bond donors (Lipinski definition) is 0. The molecule has 11 aromatic rings. The Balaban J connectivity index is 1.12. The summed E-state index contributed by atoms with van der Waals surface area (Å²) in [5.74, 6) is 0.685. The third-order valence-electron chi connectivity index (χ3n) is 10.8. The van der Waals surface area contributed by atoms with Crippen molar-refractivity contribution < 1.29 is 4.42 Å². The van der Waals surface area contributed by atoms with E-state index in [0.717, 1.165) is 66.7 Å². The highest BCUT2D eigenvalue weighted by Gasteiger charge is 2.20. The van der Waals surface area contributed by atoms with Gasteiger partial charge in [-0.15, -0.1) is 0 Å². The maximum Gasteiger partial charge on any atom is 0.160 e. The molecule has 0 saturated heterocycles. The molecule has 0 spiro atoms. The lowest BCUT2D eigenvalue weighted by Gasteiger charge is -2.10. The van der Waals surface area contributed by atoms with E-state index in [1.165, 1.54) is 33.0 Å². The number of hydrogen-bond acceptors (Lipinski definition) is 3. The fourth-order valence-electron chi connectivity index (χ4n) is 8.09. The molecular formula is C52H33N3O. The molecule has 8 aromatic carbocycles. The van der Waals surface area contributed by atoms with Crippen LogP contribution in [-0.4, -0.2) is 14.5 Å². The minimum Gasteiger partial charge on any atom is -0.454 e. The van der Waals surface area contributed by atoms with Gasteiger partial charge in [-0.1, -0.05) is 164 Å². The molecule has 0 saturated carbocycles. The molecule has 0 bridgehead atoms. The van der Waals surface area contributed by atoms with Crippen molar-refractivity contribution in [2.75, 3.05) is 0 Å². The smallest absolute Gasteiger partial charge is 0.160 e. The summed E-state index contributed by atoms with van der Waals surface area (Å²) in [7, 11) is 0. The van der Waals surface area contributed by atoms with Crippen molar-refractivity contribution in [1.29, 1.82) is 0 Å². The third-order valence-corrected chi connectivity index (χ3v) is 10.8. The number of fused-ring (bicyclic) bond motifs is 6. The first kappa shape index (κ1) is 31.9. The normalized spacial score (nSPS) is 11.6. The molecule has 3 heterocycles. The number of nitrogens with zero attached hydrogens (tertiary/aromatic N) is 3. The molecule has 0 aliphatic carbocycles. The van der Waals surface area contributed by atoms with Gasteiger partial charge in [0.15, 0.2) is 11.4 Å². The van der Waals surface area contributed by atoms with E-state index >= 15 is 0 Å². The van der Waals surface area contributed by atoms with Crippen LogP contribution in [0.25, 0.3) is 106 Å². The summed E-state index contributed by atoms with van der Waals surface area (Å²) < 4.78 is 9.35. The Hall–Kier alpha value is -7.56. The van der Waals surface area contributed by atoms with E-state index in [2.05, 4.69) is 168 Å². The minimum atomic E-state index is 0.685. The first-order chi connectivity index (χ1) is 27.7. The van der Waals surface area contributed by atoms with E-state index in [1.807, 2.05) is 36.4 Å². The van der Waals surface area contributed by atoms with Crippen LogP contribution >= 0.6 is 0 Å². The second-order valence-corrected chi connectivity index (χ2v) is 14.2. The van der Waals surface area contributed by atoms with Crippen LogP contribution in [0, 0.1) is 0 Å². The fraction of sp³-hybridized carbons (Fsp3) is 0. The average Bonchev–Trinajstić information content (AvgIpc) is 3.82. The molecule has 0 aliphatic heterocycles. The van der Waals surface area contributed by atoms with Gasteiger partial charge in [-0.05, 0) is 58.7 Å². The molecule has 4 nitrogen and oxygen atoms in total. The molecule has 4 heteroatoms. The molecule has 262 valence electrons. The zero-order chi connectivity index (χ0) is 37.0. The van der Waals surface area contributed by atoms with Crippen LogP contribution < -0.4 is 0 Å². The lowest BCUT2D eigenvalue weighted by molar-refractivity contribution is 0.666. The Morgan fingerprint density at radius 1 is 0.339 bits per heavy atom. The molecule has 0 radical (unpaired) electrons. The SMILES string of the molecule is c1ccc(-c2ccc3c4ccc(-c5ccccc5)cc4n(-c4cccc5c4oc4cc(-c6cc(-c7ccccc7)nc(-c7ccccc7)n6)ccc45)c3c2)cc1. The van der Waals surface area contributed by atoms with E-state index in [0.29, 0.717) is 5.82 Å². The maximum absolute atomic E-state index is 6.96. The van der Waals surface area contributed by atoms with E-state index in [1.54, 1.807) is 0 Å². The van der Waals surface area contributed by atoms with Gasteiger partial charge in [0.05, 0.1) is 28.1 Å². The number of benzene rings is 8. The van der Waals surface area contributed by atoms with Gasteiger partial charge in [0, 0.05) is 38.2 Å². The van der Waals surface area contributed by atoms with E-state index < -0.39 is 0 Å². The zero-order valence-electron chi connectivity index (χ0n) is 30.3. The predicted octanol–water partition coefficient (Wildman–Crippen LogP) is 13.8. The van der Waals surface area contributed by atoms with Gasteiger partial charge >= 0.3 is 0 Å². The highest BCUT2D eigenvalue weighted by atomic mass is 16.3. The Morgan fingerprint density at radius 2 is 0.839 bits per heavy atom. The number of rotatable bonds is 6. The van der Waals surface area contributed by atoms with Crippen LogP contribution in [0.1, 0.15) is 0 Å². The van der Waals surface area contributed by atoms with Gasteiger partial charge in [-0.25, -0.2) is 9.97 Å². The summed E-state index contributed by atoms with van der Waals surface area (Å²) in [5.41, 5.74) is 14.3. The highest BCUT2D eigenvalue weighted by molar-refractivity contribution is 6.14. The van der Waals surface area contributed by atoms with Crippen LogP contribution in [0.4, 0.5) is 0 Å². The quantitative estimate of drug-likeness (QED) is 0.172. The summed E-state index contributed by atoms with van der Waals surface area (Å²) >= 11 is 0. The third kappa shape index (κ3) is 5.39. The van der Waals surface area contributed by atoms with Crippen LogP contribution in [0.5, 0.6) is 0 Å². The standard InChI is InChI=1S/C52H33N3O/c1-5-14-34(15-6-1)38-24-27-41-42-28-25-39(35-16-7-2-8-17-35)31-49(42)55(48(41)30-38)47-23-13-22-44-43-29-26-40(32-50(43)56-51(44)47)46-33-45(36-18-9-3-10-19-36)53-52(54-46)37-20-11-4-12-21-37/h1-33H. The van der Waals surface area contributed by atoms with Crippen molar-refractivity contribution in [3.05, 3.63) is 200 Å². The first-order valence-corrected chi connectivity index (χ1v) is 18.9. The summed E-state index contributed by atoms with van der Waals surface area (Å²) in [5, 5.41) is 4.51. The molecule has 0 N–H and O–H groups in total. The Labute approximate surface area is 323 Å². The highest BCUT2D eigenvalue weighted by Crippen LogP contribution is 2.41. The van der Waals surface area contributed by atoms with E-state index in [4.69, 9.17) is 14.4 Å². The van der Waals surface area contributed by atoms with Gasteiger partial charge in [-0.2, -0.15) is 0 Å². The number of aromatic nitrogens is 3. The number of para-hydroxylation sites is 1. The second kappa shape index (κ2) is 13.1. The van der Waals surface area contributed by atoms with Gasteiger partial charge in [0.2, 0.25) is 0 Å². The lowest BCUT2D eigenvalue weighted by Crippen LogP contribution is -1.95. The van der Waals surface area contributed by atoms with Gasteiger partial charge in [0.1, 0.15) is 5.58 Å². The first-order valence-electron chi connectivity index (χ1n) is 18.9. The van der Waals surface area contributed by atoms with Gasteiger partial charge < -0.3 is 8.98 Å². The summed E-state index contributed by atoms with van der Waals surface area (Å²) in [6, 6.07) is 70.2. The van der Waals surface area contributed by atoms with Crippen molar-refractivity contribution in [3.63, 3.8) is 0 Å². The van der Waals surface area contributed by atoms with E-state index in [9.17, 15) is 0 Å². The van der Waals surface area contributed by atoms with Crippen LogP contribution in [0.15, 0.2) is 205 Å². The molecular weight excluding hydrogens is 683 g/mol. The molecule has 3 aromatic heterocycles. The van der Waals surface area contributed by atoms with E-state index in [-0.39, 0.29) is 0 Å². The topological polar surface area (TPSA) is 43.9 Å². The predicted molar refractivity (Wildman–Crippen MR) is 231 cm³/mol. The van der Waals surface area contributed by atoms with Crippen molar-refractivity contribution in [3.8, 4) is 61.8 Å². The largest absolute Gasteiger partial charge is 0.454 e. The van der Waals surface area contributed by atoms with Crippen molar-refractivity contribution in [2.24, 2.45) is 0 Å². The fourth-order valence-corrected chi connectivity index (χ4v) is 8.09. The molecule has 0 aliphatic rings. The average molecular weight is 716 g/mol. The molecule has 0 atom stereocenters. The summed E-state index contributed by atoms with van der Waals surface area (Å²) in [6.07, 6.45) is 0. The zero-order valence-corrected chi connectivity index (χ0v) is 30.3. The molecule has 0 fully saturated rings. The monoisotopic (exact) mass is 715 g/mol. The second-order valence-electron chi connectivity index (χ2n) is 14.2. The van der Waals surface area contributed by atoms with Crippen molar-refractivity contribution in [1.82, 2.24) is 14.5 Å². The maximum atomic E-state index is 6.96. The van der Waals surface area contributed by atoms with Gasteiger partial charge in [-0.3, -0.25) is 0 Å². The van der Waals surface area contributed by atoms with Crippen LogP contribution in [0.2, 0.25) is 0 Å². The van der Waals surface area contributed by atoms with Crippen molar-refractivity contribution in [2.45, 2.75) is 0 Å². The number of furan rings is 1. The summed E-state index contributed by atoms with van der Waals surface area (Å²) in [6.45, 7) is 0. The molecule has 11 rings (SSSR count). The van der Waals surface area contributed by atoms with Crippen molar-refractivity contribution >= 4 is 43.7 Å².